The number of ether oxygens (including phenoxy) is 2. The van der Waals surface area contributed by atoms with E-state index in [-0.39, 0.29) is 0 Å². The fourth-order valence-electron chi connectivity index (χ4n) is 2.07. The Morgan fingerprint density at radius 3 is 2.57 bits per heavy atom. The van der Waals surface area contributed by atoms with Crippen LogP contribution in [0.1, 0.15) is 12.5 Å². The van der Waals surface area contributed by atoms with E-state index in [0.29, 0.717) is 18.1 Å². The lowest BCUT2D eigenvalue weighted by Gasteiger charge is -2.15. The van der Waals surface area contributed by atoms with Crippen molar-refractivity contribution < 1.29 is 14.3 Å². The third kappa shape index (κ3) is 4.60. The first-order chi connectivity index (χ1) is 11.2. The third-order valence-corrected chi connectivity index (χ3v) is 3.70. The van der Waals surface area contributed by atoms with Crippen molar-refractivity contribution in [3.63, 3.8) is 0 Å². The number of para-hydroxylation sites is 1. The smallest absolute Gasteiger partial charge is 0.332 e. The average molecular weight is 376 g/mol. The van der Waals surface area contributed by atoms with Gasteiger partial charge in [-0.15, -0.1) is 0 Å². The Balaban J connectivity index is 2.40. The molecule has 23 heavy (non-hydrogen) atoms. The van der Waals surface area contributed by atoms with Crippen molar-refractivity contribution in [1.29, 1.82) is 0 Å². The maximum absolute atomic E-state index is 11.9. The first kappa shape index (κ1) is 17.1. The van der Waals surface area contributed by atoms with Gasteiger partial charge >= 0.3 is 5.97 Å². The van der Waals surface area contributed by atoms with Crippen LogP contribution in [0.15, 0.2) is 59.1 Å². The molecular formula is C18H18BrNO3. The predicted octanol–water partition coefficient (Wildman–Crippen LogP) is 4.47. The molecule has 0 aliphatic carbocycles. The number of methoxy groups -OCH3 is 1. The van der Waals surface area contributed by atoms with E-state index in [1.165, 1.54) is 6.08 Å². The molecule has 0 unspecified atom stereocenters. The second-order valence-electron chi connectivity index (χ2n) is 4.62. The van der Waals surface area contributed by atoms with Crippen LogP contribution in [0.5, 0.6) is 5.75 Å². The first-order valence-corrected chi connectivity index (χ1v) is 7.98. The zero-order valence-electron chi connectivity index (χ0n) is 13.0. The summed E-state index contributed by atoms with van der Waals surface area (Å²) >= 11 is 3.45. The lowest BCUT2D eigenvalue weighted by Crippen LogP contribution is -2.06. The number of hydrogen-bond acceptors (Lipinski definition) is 4. The number of carbonyl (C=O) groups is 1. The standard InChI is InChI=1S/C18H18BrNO3/c1-3-23-17(21)12-16(13-8-5-4-6-9-13)20-15-11-7-10-14(19)18(15)22-2/h4-12,20H,3H2,1-2H3/b16-12+. The monoisotopic (exact) mass is 375 g/mol. The predicted molar refractivity (Wildman–Crippen MR) is 95.4 cm³/mol. The van der Waals surface area contributed by atoms with Gasteiger partial charge in [-0.25, -0.2) is 4.79 Å². The molecule has 0 fully saturated rings. The minimum atomic E-state index is -0.396. The quantitative estimate of drug-likeness (QED) is 0.597. The molecule has 0 amide bonds. The van der Waals surface area contributed by atoms with E-state index in [1.54, 1.807) is 14.0 Å². The molecule has 0 bridgehead atoms. The van der Waals surface area contributed by atoms with Gasteiger partial charge in [0.25, 0.3) is 0 Å². The van der Waals surface area contributed by atoms with E-state index in [2.05, 4.69) is 21.2 Å². The van der Waals surface area contributed by atoms with E-state index < -0.39 is 5.97 Å². The molecule has 0 spiro atoms. The van der Waals surface area contributed by atoms with E-state index >= 15 is 0 Å². The van der Waals surface area contributed by atoms with Crippen molar-refractivity contribution in [2.75, 3.05) is 19.0 Å². The van der Waals surface area contributed by atoms with Crippen LogP contribution in [0.4, 0.5) is 5.69 Å². The zero-order chi connectivity index (χ0) is 16.7. The molecule has 2 aromatic rings. The molecule has 0 aliphatic heterocycles. The van der Waals surface area contributed by atoms with Crippen molar-refractivity contribution in [3.05, 3.63) is 64.6 Å². The summed E-state index contributed by atoms with van der Waals surface area (Å²) in [5.74, 6) is 0.269. The van der Waals surface area contributed by atoms with Crippen molar-refractivity contribution in [1.82, 2.24) is 0 Å². The molecule has 1 N–H and O–H groups in total. The van der Waals surface area contributed by atoms with Crippen molar-refractivity contribution in [3.8, 4) is 5.75 Å². The maximum atomic E-state index is 11.9. The van der Waals surface area contributed by atoms with Gasteiger partial charge < -0.3 is 14.8 Å². The molecule has 0 saturated carbocycles. The fourth-order valence-corrected chi connectivity index (χ4v) is 2.60. The van der Waals surface area contributed by atoms with Gasteiger partial charge in [0.2, 0.25) is 0 Å². The Morgan fingerprint density at radius 1 is 1.17 bits per heavy atom. The minimum Gasteiger partial charge on any atom is -0.493 e. The van der Waals surface area contributed by atoms with Crippen molar-refractivity contribution in [2.24, 2.45) is 0 Å². The van der Waals surface area contributed by atoms with Crippen LogP contribution in [-0.4, -0.2) is 19.7 Å². The van der Waals surface area contributed by atoms with Gasteiger partial charge in [-0.1, -0.05) is 36.4 Å². The first-order valence-electron chi connectivity index (χ1n) is 7.19. The normalized spacial score (nSPS) is 11.0. The highest BCUT2D eigenvalue weighted by atomic mass is 79.9. The number of hydrogen-bond donors (Lipinski definition) is 1. The Bertz CT molecular complexity index is 699. The molecule has 2 aromatic carbocycles. The number of carbonyl (C=O) groups excluding carboxylic acids is 1. The molecule has 0 atom stereocenters. The Hall–Kier alpha value is -2.27. The van der Waals surface area contributed by atoms with Crippen LogP contribution < -0.4 is 10.1 Å². The lowest BCUT2D eigenvalue weighted by molar-refractivity contribution is -0.137. The third-order valence-electron chi connectivity index (χ3n) is 3.07. The van der Waals surface area contributed by atoms with E-state index in [4.69, 9.17) is 9.47 Å². The molecule has 0 heterocycles. The van der Waals surface area contributed by atoms with Gasteiger partial charge in [-0.05, 0) is 40.5 Å². The van der Waals surface area contributed by atoms with E-state index in [0.717, 1.165) is 15.7 Å². The Kier molecular flexibility index (Phi) is 6.23. The van der Waals surface area contributed by atoms with E-state index in [9.17, 15) is 4.79 Å². The maximum Gasteiger partial charge on any atom is 0.332 e. The summed E-state index contributed by atoms with van der Waals surface area (Å²) in [4.78, 5) is 11.9. The van der Waals surface area contributed by atoms with Crippen LogP contribution in [-0.2, 0) is 9.53 Å². The number of nitrogens with one attached hydrogen (secondary N) is 1. The molecule has 5 heteroatoms. The van der Waals surface area contributed by atoms with Gasteiger partial charge in [0, 0.05) is 6.08 Å². The molecular weight excluding hydrogens is 358 g/mol. The molecule has 0 radical (unpaired) electrons. The molecule has 2 rings (SSSR count). The molecule has 0 aromatic heterocycles. The highest BCUT2D eigenvalue weighted by Crippen LogP contribution is 2.34. The number of esters is 1. The van der Waals surface area contributed by atoms with Crippen LogP contribution >= 0.6 is 15.9 Å². The fraction of sp³-hybridized carbons (Fsp3) is 0.167. The summed E-state index contributed by atoms with van der Waals surface area (Å²) in [7, 11) is 1.60. The largest absolute Gasteiger partial charge is 0.493 e. The van der Waals surface area contributed by atoms with Gasteiger partial charge in [0.15, 0.2) is 5.75 Å². The molecule has 0 saturated heterocycles. The Morgan fingerprint density at radius 2 is 1.91 bits per heavy atom. The summed E-state index contributed by atoms with van der Waals surface area (Å²) in [5, 5.41) is 3.25. The second kappa shape index (κ2) is 8.39. The average Bonchev–Trinajstić information content (AvgIpc) is 2.55. The molecule has 0 aliphatic rings. The summed E-state index contributed by atoms with van der Waals surface area (Å²) in [6.07, 6.45) is 1.44. The van der Waals surface area contributed by atoms with Crippen LogP contribution in [0, 0.1) is 0 Å². The van der Waals surface area contributed by atoms with Gasteiger partial charge in [-0.2, -0.15) is 0 Å². The van der Waals surface area contributed by atoms with Crippen LogP contribution in [0.2, 0.25) is 0 Å². The van der Waals surface area contributed by atoms with Gasteiger partial charge in [0.05, 0.1) is 29.6 Å². The highest BCUT2D eigenvalue weighted by Gasteiger charge is 2.11. The summed E-state index contributed by atoms with van der Waals surface area (Å²) < 4.78 is 11.3. The lowest BCUT2D eigenvalue weighted by atomic mass is 10.1. The summed E-state index contributed by atoms with van der Waals surface area (Å²) in [6.45, 7) is 2.11. The SMILES string of the molecule is CCOC(=O)/C=C(/Nc1cccc(Br)c1OC)c1ccccc1. The van der Waals surface area contributed by atoms with Crippen molar-refractivity contribution in [2.45, 2.75) is 6.92 Å². The number of halogens is 1. The molecule has 4 nitrogen and oxygen atoms in total. The number of anilines is 1. The van der Waals surface area contributed by atoms with Crippen molar-refractivity contribution >= 4 is 33.3 Å². The summed E-state index contributed by atoms with van der Waals surface area (Å²) in [6, 6.07) is 15.2. The van der Waals surface area contributed by atoms with Gasteiger partial charge in [0.1, 0.15) is 0 Å². The highest BCUT2D eigenvalue weighted by molar-refractivity contribution is 9.10. The van der Waals surface area contributed by atoms with Crippen LogP contribution in [0.3, 0.4) is 0 Å². The number of rotatable bonds is 6. The minimum absolute atomic E-state index is 0.331. The van der Waals surface area contributed by atoms with Crippen LogP contribution in [0.25, 0.3) is 5.70 Å². The van der Waals surface area contributed by atoms with E-state index in [1.807, 2.05) is 48.5 Å². The second-order valence-corrected chi connectivity index (χ2v) is 5.48. The molecule has 120 valence electrons. The Labute approximate surface area is 144 Å². The summed E-state index contributed by atoms with van der Waals surface area (Å²) in [5.41, 5.74) is 2.27. The zero-order valence-corrected chi connectivity index (χ0v) is 14.6. The number of benzene rings is 2. The topological polar surface area (TPSA) is 47.6 Å². The van der Waals surface area contributed by atoms with Gasteiger partial charge in [-0.3, -0.25) is 0 Å².